The van der Waals surface area contributed by atoms with E-state index < -0.39 is 11.4 Å². The van der Waals surface area contributed by atoms with Gasteiger partial charge in [0.2, 0.25) is 0 Å². The van der Waals surface area contributed by atoms with Crippen molar-refractivity contribution in [1.82, 2.24) is 0 Å². The van der Waals surface area contributed by atoms with Crippen LogP contribution in [0.15, 0.2) is 12.2 Å². The van der Waals surface area contributed by atoms with Gasteiger partial charge in [0.25, 0.3) is 0 Å². The number of rotatable bonds is 3. The molecule has 0 spiro atoms. The monoisotopic (exact) mass is 196 g/mol. The number of Topliss-reactive ketones (excluding diaryl/α,β-unsaturated/α-hetero) is 1. The molecule has 0 fully saturated rings. The number of allylic oxidation sites excluding steroid dienone is 2. The topological polar surface area (TPSA) is 54.4 Å². The first kappa shape index (κ1) is 11.0. The third kappa shape index (κ3) is 1.59. The Balaban J connectivity index is 2.86. The molecular weight excluding hydrogens is 180 g/mol. The van der Waals surface area contributed by atoms with Gasteiger partial charge in [0, 0.05) is 5.41 Å². The Hall–Kier alpha value is -1.12. The number of carboxylic acid groups (broad SMARTS) is 1. The third-order valence-corrected chi connectivity index (χ3v) is 3.41. The molecule has 0 radical (unpaired) electrons. The van der Waals surface area contributed by atoms with Crippen LogP contribution in [-0.2, 0) is 9.59 Å². The SMILES string of the molecule is CC1(C)C=CCC1(C)C(=O)CC(=O)O. The summed E-state index contributed by atoms with van der Waals surface area (Å²) in [6.45, 7) is 5.78. The fraction of sp³-hybridized carbons (Fsp3) is 0.636. The summed E-state index contributed by atoms with van der Waals surface area (Å²) in [6.07, 6.45) is 4.22. The molecule has 1 aliphatic carbocycles. The average molecular weight is 196 g/mol. The minimum Gasteiger partial charge on any atom is -0.481 e. The molecule has 0 aromatic rings. The van der Waals surface area contributed by atoms with Gasteiger partial charge in [-0.3, -0.25) is 9.59 Å². The van der Waals surface area contributed by atoms with Crippen molar-refractivity contribution in [2.45, 2.75) is 33.6 Å². The minimum absolute atomic E-state index is 0.181. The minimum atomic E-state index is -1.04. The summed E-state index contributed by atoms with van der Waals surface area (Å²) in [4.78, 5) is 22.3. The number of aliphatic carboxylic acids is 1. The Morgan fingerprint density at radius 3 is 2.29 bits per heavy atom. The van der Waals surface area contributed by atoms with Crippen molar-refractivity contribution in [3.63, 3.8) is 0 Å². The molecule has 1 N–H and O–H groups in total. The van der Waals surface area contributed by atoms with E-state index in [0.29, 0.717) is 6.42 Å². The highest BCUT2D eigenvalue weighted by molar-refractivity contribution is 5.98. The van der Waals surface area contributed by atoms with Crippen LogP contribution in [0.1, 0.15) is 33.6 Å². The number of ketones is 1. The van der Waals surface area contributed by atoms with Gasteiger partial charge in [-0.2, -0.15) is 0 Å². The highest BCUT2D eigenvalue weighted by Crippen LogP contribution is 2.48. The van der Waals surface area contributed by atoms with Crippen molar-refractivity contribution >= 4 is 11.8 Å². The second kappa shape index (κ2) is 3.23. The molecule has 1 atom stereocenters. The highest BCUT2D eigenvalue weighted by atomic mass is 16.4. The molecule has 1 rings (SSSR count). The van der Waals surface area contributed by atoms with Gasteiger partial charge in [-0.05, 0) is 11.8 Å². The lowest BCUT2D eigenvalue weighted by molar-refractivity contribution is -0.144. The highest BCUT2D eigenvalue weighted by Gasteiger charge is 2.47. The predicted octanol–water partition coefficient (Wildman–Crippen LogP) is 2.02. The second-order valence-corrected chi connectivity index (χ2v) is 4.65. The Bertz CT molecular complexity index is 302. The van der Waals surface area contributed by atoms with Crippen molar-refractivity contribution in [3.8, 4) is 0 Å². The van der Waals surface area contributed by atoms with E-state index in [1.165, 1.54) is 0 Å². The van der Waals surface area contributed by atoms with Crippen molar-refractivity contribution in [2.75, 3.05) is 0 Å². The van der Waals surface area contributed by atoms with E-state index in [1.54, 1.807) is 0 Å². The van der Waals surface area contributed by atoms with Crippen LogP contribution in [0.4, 0.5) is 0 Å². The largest absolute Gasteiger partial charge is 0.481 e. The average Bonchev–Trinajstić information content (AvgIpc) is 2.26. The van der Waals surface area contributed by atoms with E-state index in [-0.39, 0.29) is 17.6 Å². The molecule has 14 heavy (non-hydrogen) atoms. The molecule has 3 nitrogen and oxygen atoms in total. The molecule has 1 unspecified atom stereocenters. The lowest BCUT2D eigenvalue weighted by Crippen LogP contribution is -2.38. The van der Waals surface area contributed by atoms with Crippen LogP contribution in [0.25, 0.3) is 0 Å². The maximum absolute atomic E-state index is 11.8. The van der Waals surface area contributed by atoms with Crippen LogP contribution < -0.4 is 0 Å². The van der Waals surface area contributed by atoms with Crippen molar-refractivity contribution in [1.29, 1.82) is 0 Å². The smallest absolute Gasteiger partial charge is 0.310 e. The first-order chi connectivity index (χ1) is 6.29. The number of hydrogen-bond acceptors (Lipinski definition) is 2. The van der Waals surface area contributed by atoms with Gasteiger partial charge in [-0.1, -0.05) is 32.9 Å². The first-order valence-electron chi connectivity index (χ1n) is 4.72. The van der Waals surface area contributed by atoms with Gasteiger partial charge < -0.3 is 5.11 Å². The summed E-state index contributed by atoms with van der Waals surface area (Å²) in [7, 11) is 0. The van der Waals surface area contributed by atoms with Gasteiger partial charge >= 0.3 is 5.97 Å². The van der Waals surface area contributed by atoms with Crippen molar-refractivity contribution in [2.24, 2.45) is 10.8 Å². The first-order valence-corrected chi connectivity index (χ1v) is 4.72. The zero-order chi connectivity index (χ0) is 11.0. The van der Waals surface area contributed by atoms with E-state index in [1.807, 2.05) is 32.9 Å². The van der Waals surface area contributed by atoms with Gasteiger partial charge in [0.1, 0.15) is 6.42 Å². The van der Waals surface area contributed by atoms with Crippen LogP contribution in [0.2, 0.25) is 0 Å². The lowest BCUT2D eigenvalue weighted by Gasteiger charge is -2.36. The van der Waals surface area contributed by atoms with Crippen LogP contribution in [-0.4, -0.2) is 16.9 Å². The maximum atomic E-state index is 11.8. The van der Waals surface area contributed by atoms with Crippen LogP contribution in [0.5, 0.6) is 0 Å². The van der Waals surface area contributed by atoms with E-state index in [4.69, 9.17) is 5.11 Å². The second-order valence-electron chi connectivity index (χ2n) is 4.65. The van der Waals surface area contributed by atoms with Gasteiger partial charge in [-0.25, -0.2) is 0 Å². The number of carbonyl (C=O) groups excluding carboxylic acids is 1. The number of hydrogen-bond donors (Lipinski definition) is 1. The Labute approximate surface area is 83.8 Å². The molecule has 0 aliphatic heterocycles. The standard InChI is InChI=1S/C11H16O3/c1-10(2)5-4-6-11(10,3)8(12)7-9(13)14/h4-5H,6-7H2,1-3H3,(H,13,14). The Morgan fingerprint density at radius 1 is 1.36 bits per heavy atom. The Morgan fingerprint density at radius 2 is 1.93 bits per heavy atom. The van der Waals surface area contributed by atoms with E-state index in [2.05, 4.69) is 0 Å². The van der Waals surface area contributed by atoms with Crippen molar-refractivity contribution < 1.29 is 14.7 Å². The molecule has 0 saturated heterocycles. The zero-order valence-corrected chi connectivity index (χ0v) is 8.83. The van der Waals surface area contributed by atoms with E-state index >= 15 is 0 Å². The van der Waals surface area contributed by atoms with Gasteiger partial charge in [-0.15, -0.1) is 0 Å². The summed E-state index contributed by atoms with van der Waals surface area (Å²) in [5.74, 6) is -1.22. The Kier molecular flexibility index (Phi) is 2.52. The van der Waals surface area contributed by atoms with Crippen molar-refractivity contribution in [3.05, 3.63) is 12.2 Å². The molecule has 0 bridgehead atoms. The molecule has 0 saturated carbocycles. The molecule has 0 heterocycles. The quantitative estimate of drug-likeness (QED) is 0.555. The molecule has 0 amide bonds. The van der Waals surface area contributed by atoms with E-state index in [0.717, 1.165) is 0 Å². The lowest BCUT2D eigenvalue weighted by atomic mass is 9.66. The molecule has 0 aromatic heterocycles. The summed E-state index contributed by atoms with van der Waals surface area (Å²) in [5, 5.41) is 8.59. The molecule has 3 heteroatoms. The number of carboxylic acids is 1. The normalized spacial score (nSPS) is 29.1. The molecule has 78 valence electrons. The van der Waals surface area contributed by atoms with Crippen LogP contribution >= 0.6 is 0 Å². The fourth-order valence-electron chi connectivity index (χ4n) is 1.84. The molecule has 0 aromatic carbocycles. The molecule has 1 aliphatic rings. The van der Waals surface area contributed by atoms with E-state index in [9.17, 15) is 9.59 Å². The maximum Gasteiger partial charge on any atom is 0.310 e. The van der Waals surface area contributed by atoms with Crippen LogP contribution in [0.3, 0.4) is 0 Å². The summed E-state index contributed by atoms with van der Waals surface area (Å²) < 4.78 is 0. The van der Waals surface area contributed by atoms with Gasteiger partial charge in [0.15, 0.2) is 5.78 Å². The van der Waals surface area contributed by atoms with Crippen LogP contribution in [0, 0.1) is 10.8 Å². The summed E-state index contributed by atoms with van der Waals surface area (Å²) >= 11 is 0. The zero-order valence-electron chi connectivity index (χ0n) is 8.83. The number of carbonyl (C=O) groups is 2. The fourth-order valence-corrected chi connectivity index (χ4v) is 1.84. The predicted molar refractivity (Wildman–Crippen MR) is 52.9 cm³/mol. The van der Waals surface area contributed by atoms with Gasteiger partial charge in [0.05, 0.1) is 0 Å². The summed E-state index contributed by atoms with van der Waals surface area (Å²) in [5.41, 5.74) is -0.787. The third-order valence-electron chi connectivity index (χ3n) is 3.41. The summed E-state index contributed by atoms with van der Waals surface area (Å²) in [6, 6.07) is 0. The molecular formula is C11H16O3.